The maximum absolute atomic E-state index is 12.6. The Hall–Kier alpha value is -3.10. The predicted molar refractivity (Wildman–Crippen MR) is 77.9 cm³/mol. The van der Waals surface area contributed by atoms with Gasteiger partial charge < -0.3 is 5.11 Å². The molecular formula is C15H10F3N3O3. The number of carboxylic acids is 1. The molecule has 0 atom stereocenters. The highest BCUT2D eigenvalue weighted by Gasteiger charge is 2.30. The summed E-state index contributed by atoms with van der Waals surface area (Å²) in [6.07, 6.45) is -3.51. The lowest BCUT2D eigenvalue weighted by atomic mass is 10.0. The Morgan fingerprint density at radius 2 is 1.88 bits per heavy atom. The van der Waals surface area contributed by atoms with Crippen LogP contribution >= 0.6 is 0 Å². The molecule has 2 N–H and O–H groups in total. The van der Waals surface area contributed by atoms with E-state index in [0.717, 1.165) is 22.8 Å². The first-order valence-electron chi connectivity index (χ1n) is 6.71. The molecule has 2 heterocycles. The number of carboxylic acid groups (broad SMARTS) is 1. The first kappa shape index (κ1) is 15.8. The van der Waals surface area contributed by atoms with E-state index in [2.05, 4.69) is 10.1 Å². The Morgan fingerprint density at radius 1 is 1.25 bits per heavy atom. The van der Waals surface area contributed by atoms with Crippen molar-refractivity contribution < 1.29 is 23.1 Å². The summed E-state index contributed by atoms with van der Waals surface area (Å²) >= 11 is 0. The molecule has 0 aliphatic carbocycles. The summed E-state index contributed by atoms with van der Waals surface area (Å²) in [5, 5.41) is 11.6. The van der Waals surface area contributed by atoms with Crippen molar-refractivity contribution in [1.82, 2.24) is 14.6 Å². The predicted octanol–water partition coefficient (Wildman–Crippen LogP) is 2.72. The van der Waals surface area contributed by atoms with Gasteiger partial charge in [0.05, 0.1) is 5.56 Å². The van der Waals surface area contributed by atoms with Gasteiger partial charge in [-0.05, 0) is 24.6 Å². The first-order chi connectivity index (χ1) is 11.2. The SMILES string of the molecule is Cc1[nH]n2c(=O)c(C(=O)O)cnc2c1-c1ccc(C(F)(F)F)cc1. The molecule has 1 aromatic carbocycles. The molecule has 0 unspecified atom stereocenters. The van der Waals surface area contributed by atoms with E-state index in [1.165, 1.54) is 12.1 Å². The number of carbonyl (C=O) groups is 1. The maximum atomic E-state index is 12.6. The molecule has 0 saturated heterocycles. The number of aromatic carboxylic acids is 1. The van der Waals surface area contributed by atoms with E-state index in [4.69, 9.17) is 5.11 Å². The molecule has 9 heteroatoms. The molecule has 3 aromatic rings. The third-order valence-electron chi connectivity index (χ3n) is 3.57. The molecule has 0 fully saturated rings. The van der Waals surface area contributed by atoms with Gasteiger partial charge in [-0.15, -0.1) is 0 Å². The van der Waals surface area contributed by atoms with Crippen LogP contribution in [0, 0.1) is 6.92 Å². The number of hydrogen-bond acceptors (Lipinski definition) is 3. The Morgan fingerprint density at radius 3 is 2.42 bits per heavy atom. The Bertz CT molecular complexity index is 1000. The van der Waals surface area contributed by atoms with Gasteiger partial charge in [-0.2, -0.15) is 13.2 Å². The molecule has 2 aromatic heterocycles. The molecular weight excluding hydrogens is 327 g/mol. The molecule has 3 rings (SSSR count). The summed E-state index contributed by atoms with van der Waals surface area (Å²) in [5.41, 5.74) is -0.625. The molecule has 0 spiro atoms. The van der Waals surface area contributed by atoms with Crippen LogP contribution < -0.4 is 5.56 Å². The minimum Gasteiger partial charge on any atom is -0.477 e. The number of fused-ring (bicyclic) bond motifs is 1. The summed E-state index contributed by atoms with van der Waals surface area (Å²) in [6, 6.07) is 4.41. The van der Waals surface area contributed by atoms with E-state index in [1.807, 2.05) is 0 Å². The monoisotopic (exact) mass is 337 g/mol. The highest BCUT2D eigenvalue weighted by atomic mass is 19.4. The quantitative estimate of drug-likeness (QED) is 0.753. The lowest BCUT2D eigenvalue weighted by Crippen LogP contribution is -2.23. The van der Waals surface area contributed by atoms with Gasteiger partial charge in [-0.25, -0.2) is 14.3 Å². The summed E-state index contributed by atoms with van der Waals surface area (Å²) < 4.78 is 38.9. The van der Waals surface area contributed by atoms with E-state index in [9.17, 15) is 22.8 Å². The van der Waals surface area contributed by atoms with Gasteiger partial charge in [-0.1, -0.05) is 12.1 Å². The van der Waals surface area contributed by atoms with Gasteiger partial charge in [0, 0.05) is 17.5 Å². The zero-order valence-corrected chi connectivity index (χ0v) is 12.2. The van der Waals surface area contributed by atoms with E-state index in [-0.39, 0.29) is 5.65 Å². The van der Waals surface area contributed by atoms with E-state index in [0.29, 0.717) is 16.8 Å². The molecule has 24 heavy (non-hydrogen) atoms. The van der Waals surface area contributed by atoms with Crippen molar-refractivity contribution in [3.05, 3.63) is 57.6 Å². The Balaban J connectivity index is 2.20. The van der Waals surface area contributed by atoms with Crippen molar-refractivity contribution in [2.24, 2.45) is 0 Å². The minimum atomic E-state index is -4.45. The number of rotatable bonds is 2. The Kier molecular flexibility index (Phi) is 3.43. The number of nitrogens with one attached hydrogen (secondary N) is 1. The van der Waals surface area contributed by atoms with Gasteiger partial charge in [0.25, 0.3) is 5.56 Å². The molecule has 0 saturated carbocycles. The van der Waals surface area contributed by atoms with Crippen molar-refractivity contribution in [3.63, 3.8) is 0 Å². The third kappa shape index (κ3) is 2.43. The van der Waals surface area contributed by atoms with Crippen molar-refractivity contribution in [2.75, 3.05) is 0 Å². The number of benzene rings is 1. The van der Waals surface area contributed by atoms with Crippen LogP contribution in [0.15, 0.2) is 35.3 Å². The fourth-order valence-electron chi connectivity index (χ4n) is 2.44. The van der Waals surface area contributed by atoms with Crippen LogP contribution in [-0.2, 0) is 6.18 Å². The second-order valence-corrected chi connectivity index (χ2v) is 5.13. The first-order valence-corrected chi connectivity index (χ1v) is 6.71. The molecule has 0 aliphatic heterocycles. The number of aryl methyl sites for hydroxylation is 1. The van der Waals surface area contributed by atoms with Crippen LogP contribution in [0.3, 0.4) is 0 Å². The van der Waals surface area contributed by atoms with Gasteiger partial charge in [0.1, 0.15) is 5.56 Å². The van der Waals surface area contributed by atoms with Gasteiger partial charge in [0.15, 0.2) is 5.65 Å². The molecule has 6 nitrogen and oxygen atoms in total. The highest BCUT2D eigenvalue weighted by Crippen LogP contribution is 2.32. The van der Waals surface area contributed by atoms with Crippen LogP contribution in [0.2, 0.25) is 0 Å². The average molecular weight is 337 g/mol. The van der Waals surface area contributed by atoms with Crippen LogP contribution in [0.25, 0.3) is 16.8 Å². The van der Waals surface area contributed by atoms with Crippen molar-refractivity contribution in [2.45, 2.75) is 13.1 Å². The zero-order valence-electron chi connectivity index (χ0n) is 12.2. The number of aromatic amines is 1. The highest BCUT2D eigenvalue weighted by molar-refractivity contribution is 5.88. The normalized spacial score (nSPS) is 11.8. The molecule has 0 aliphatic rings. The summed E-state index contributed by atoms with van der Waals surface area (Å²) in [4.78, 5) is 27.1. The van der Waals surface area contributed by atoms with Crippen molar-refractivity contribution in [1.29, 1.82) is 0 Å². The van der Waals surface area contributed by atoms with Gasteiger partial charge in [0.2, 0.25) is 0 Å². The summed E-state index contributed by atoms with van der Waals surface area (Å²) in [6.45, 7) is 1.61. The Labute approximate surface area is 132 Å². The number of nitrogens with zero attached hydrogens (tertiary/aromatic N) is 2. The second-order valence-electron chi connectivity index (χ2n) is 5.13. The lowest BCUT2D eigenvalue weighted by molar-refractivity contribution is -0.137. The summed E-state index contributed by atoms with van der Waals surface area (Å²) in [7, 11) is 0. The maximum Gasteiger partial charge on any atom is 0.416 e. The summed E-state index contributed by atoms with van der Waals surface area (Å²) in [5.74, 6) is -1.41. The number of H-pyrrole nitrogens is 1. The van der Waals surface area contributed by atoms with Crippen LogP contribution in [-0.4, -0.2) is 25.7 Å². The van der Waals surface area contributed by atoms with Crippen LogP contribution in [0.1, 0.15) is 21.6 Å². The number of aromatic nitrogens is 3. The second kappa shape index (κ2) is 5.22. The van der Waals surface area contributed by atoms with Crippen molar-refractivity contribution in [3.8, 4) is 11.1 Å². The topological polar surface area (TPSA) is 87.5 Å². The third-order valence-corrected chi connectivity index (χ3v) is 3.57. The molecule has 0 bridgehead atoms. The molecule has 0 amide bonds. The van der Waals surface area contributed by atoms with Crippen LogP contribution in [0.5, 0.6) is 0 Å². The largest absolute Gasteiger partial charge is 0.477 e. The fourth-order valence-corrected chi connectivity index (χ4v) is 2.44. The van der Waals surface area contributed by atoms with E-state index >= 15 is 0 Å². The minimum absolute atomic E-state index is 0.141. The average Bonchev–Trinajstić information content (AvgIpc) is 2.83. The number of alkyl halides is 3. The standard InChI is InChI=1S/C15H10F3N3O3/c1-7-11(8-2-4-9(5-3-8)15(16,17)18)12-19-6-10(14(23)24)13(22)21(12)20-7/h2-6,20H,1H3,(H,23,24). The van der Waals surface area contributed by atoms with E-state index < -0.39 is 28.8 Å². The van der Waals surface area contributed by atoms with Gasteiger partial charge in [-0.3, -0.25) is 9.89 Å². The fraction of sp³-hybridized carbons (Fsp3) is 0.133. The van der Waals surface area contributed by atoms with Crippen LogP contribution in [0.4, 0.5) is 13.2 Å². The zero-order chi connectivity index (χ0) is 17.6. The van der Waals surface area contributed by atoms with Crippen molar-refractivity contribution >= 4 is 11.6 Å². The lowest BCUT2D eigenvalue weighted by Gasteiger charge is -2.07. The molecule has 0 radical (unpaired) electrons. The van der Waals surface area contributed by atoms with Gasteiger partial charge >= 0.3 is 12.1 Å². The molecule has 124 valence electrons. The number of hydrogen-bond donors (Lipinski definition) is 2. The number of halogens is 3. The smallest absolute Gasteiger partial charge is 0.416 e. The van der Waals surface area contributed by atoms with E-state index in [1.54, 1.807) is 6.92 Å².